The van der Waals surface area contributed by atoms with Gasteiger partial charge in [-0.25, -0.2) is 4.63 Å². The van der Waals surface area contributed by atoms with Crippen molar-refractivity contribution in [2.45, 2.75) is 38.3 Å². The van der Waals surface area contributed by atoms with Gasteiger partial charge in [-0.1, -0.05) is 5.16 Å². The van der Waals surface area contributed by atoms with Crippen molar-refractivity contribution in [3.8, 4) is 5.88 Å². The van der Waals surface area contributed by atoms with E-state index >= 15 is 0 Å². The number of ether oxygens (including phenoxy) is 2. The van der Waals surface area contributed by atoms with Crippen LogP contribution in [0, 0.1) is 12.8 Å². The van der Waals surface area contributed by atoms with Crippen molar-refractivity contribution < 1.29 is 18.9 Å². The number of morpholine rings is 1. The van der Waals surface area contributed by atoms with Gasteiger partial charge in [0.15, 0.2) is 0 Å². The first kappa shape index (κ1) is 15.2. The molecule has 3 atom stereocenters. The van der Waals surface area contributed by atoms with E-state index in [9.17, 15) is 4.79 Å². The normalized spacial score (nSPS) is 28.0. The van der Waals surface area contributed by atoms with Gasteiger partial charge in [0.05, 0.1) is 19.3 Å². The molecule has 8 heteroatoms. The topological polar surface area (TPSA) is 98.5 Å². The monoisotopic (exact) mass is 310 g/mol. The Bertz CT molecular complexity index is 507. The van der Waals surface area contributed by atoms with Crippen LogP contribution in [-0.2, 0) is 9.53 Å². The predicted octanol–water partition coefficient (Wildman–Crippen LogP) is 0.0301. The molecule has 1 aliphatic heterocycles. The molecule has 3 rings (SSSR count). The van der Waals surface area contributed by atoms with Crippen LogP contribution in [0.2, 0.25) is 0 Å². The number of carbonyl (C=O) groups excluding carboxylic acids is 1. The summed E-state index contributed by atoms with van der Waals surface area (Å²) >= 11 is 0. The molecule has 2 aliphatic rings. The Morgan fingerprint density at radius 3 is 3.18 bits per heavy atom. The number of hydrogen-bond acceptors (Lipinski definition) is 7. The van der Waals surface area contributed by atoms with Gasteiger partial charge in [0, 0.05) is 18.5 Å². The van der Waals surface area contributed by atoms with Crippen LogP contribution < -0.4 is 15.4 Å². The summed E-state index contributed by atoms with van der Waals surface area (Å²) < 4.78 is 15.6. The highest BCUT2D eigenvalue weighted by Gasteiger charge is 2.35. The van der Waals surface area contributed by atoms with E-state index in [2.05, 4.69) is 25.6 Å². The lowest BCUT2D eigenvalue weighted by atomic mass is 9.82. The Morgan fingerprint density at radius 1 is 1.45 bits per heavy atom. The Hall–Kier alpha value is -1.67. The van der Waals surface area contributed by atoms with E-state index < -0.39 is 0 Å². The first-order chi connectivity index (χ1) is 10.7. The highest BCUT2D eigenvalue weighted by molar-refractivity contribution is 5.78. The molecule has 2 fully saturated rings. The van der Waals surface area contributed by atoms with E-state index in [1.165, 1.54) is 0 Å². The van der Waals surface area contributed by atoms with E-state index in [0.29, 0.717) is 30.8 Å². The van der Waals surface area contributed by atoms with E-state index in [0.717, 1.165) is 32.4 Å². The van der Waals surface area contributed by atoms with Gasteiger partial charge < -0.3 is 20.1 Å². The zero-order valence-corrected chi connectivity index (χ0v) is 12.7. The van der Waals surface area contributed by atoms with Crippen LogP contribution in [0.15, 0.2) is 4.63 Å². The van der Waals surface area contributed by atoms with E-state index in [1.54, 1.807) is 6.92 Å². The fourth-order valence-electron chi connectivity index (χ4n) is 3.07. The van der Waals surface area contributed by atoms with Crippen molar-refractivity contribution >= 4 is 5.91 Å². The number of rotatable bonds is 5. The molecule has 8 nitrogen and oxygen atoms in total. The second-order valence-corrected chi connectivity index (χ2v) is 5.77. The van der Waals surface area contributed by atoms with E-state index in [-0.39, 0.29) is 17.9 Å². The summed E-state index contributed by atoms with van der Waals surface area (Å²) in [6, 6.07) is 0.304. The predicted molar refractivity (Wildman–Crippen MR) is 76.4 cm³/mol. The lowest BCUT2D eigenvalue weighted by Crippen LogP contribution is -2.53. The minimum atomic E-state index is 0.0471. The Kier molecular flexibility index (Phi) is 4.89. The first-order valence-electron chi connectivity index (χ1n) is 7.78. The minimum absolute atomic E-state index is 0.0471. The van der Waals surface area contributed by atoms with Crippen LogP contribution in [0.1, 0.15) is 25.0 Å². The highest BCUT2D eigenvalue weighted by atomic mass is 16.6. The number of fused-ring (bicyclic) bond motifs is 1. The zero-order valence-electron chi connectivity index (χ0n) is 12.7. The quantitative estimate of drug-likeness (QED) is 0.740. The van der Waals surface area contributed by atoms with Gasteiger partial charge in [0.1, 0.15) is 12.3 Å². The standard InChI is InChI=1S/C14H22N4O4/c1-9-14(18-22-17-9)21-7-5-16-13(19)10-2-3-12-11(8-10)15-4-6-20-12/h10-12,15H,2-8H2,1H3,(H,16,19)/t10-,11+,12+/m0/s1. The van der Waals surface area contributed by atoms with Crippen molar-refractivity contribution in [2.24, 2.45) is 5.92 Å². The molecule has 1 amide bonds. The summed E-state index contributed by atoms with van der Waals surface area (Å²) in [6.45, 7) is 4.18. The van der Waals surface area contributed by atoms with Gasteiger partial charge >= 0.3 is 0 Å². The van der Waals surface area contributed by atoms with Gasteiger partial charge in [-0.05, 0) is 31.3 Å². The molecule has 1 aliphatic carbocycles. The molecule has 0 aromatic carbocycles. The van der Waals surface area contributed by atoms with Crippen LogP contribution in [0.25, 0.3) is 0 Å². The third-order valence-corrected chi connectivity index (χ3v) is 4.25. The fourth-order valence-corrected chi connectivity index (χ4v) is 3.07. The molecule has 0 unspecified atom stereocenters. The van der Waals surface area contributed by atoms with Crippen molar-refractivity contribution in [3.05, 3.63) is 5.69 Å². The van der Waals surface area contributed by atoms with Crippen LogP contribution in [-0.4, -0.2) is 54.7 Å². The van der Waals surface area contributed by atoms with Crippen molar-refractivity contribution in [1.82, 2.24) is 20.9 Å². The third kappa shape index (κ3) is 3.56. The van der Waals surface area contributed by atoms with Crippen LogP contribution >= 0.6 is 0 Å². The van der Waals surface area contributed by atoms with Crippen molar-refractivity contribution in [2.75, 3.05) is 26.3 Å². The molecule has 122 valence electrons. The smallest absolute Gasteiger partial charge is 0.278 e. The maximum atomic E-state index is 12.2. The SMILES string of the molecule is Cc1nonc1OCCNC(=O)[C@H]1CC[C@H]2OCCN[C@@H]2C1. The number of nitrogens with one attached hydrogen (secondary N) is 2. The van der Waals surface area contributed by atoms with Crippen LogP contribution in [0.4, 0.5) is 0 Å². The number of hydrogen-bond donors (Lipinski definition) is 2. The number of amides is 1. The zero-order chi connectivity index (χ0) is 15.4. The molecule has 22 heavy (non-hydrogen) atoms. The summed E-state index contributed by atoms with van der Waals surface area (Å²) in [6.07, 6.45) is 2.92. The molecule has 1 aromatic rings. The van der Waals surface area contributed by atoms with Gasteiger partial charge in [-0.3, -0.25) is 4.79 Å². The average molecular weight is 310 g/mol. The lowest BCUT2D eigenvalue weighted by Gasteiger charge is -2.39. The lowest BCUT2D eigenvalue weighted by molar-refractivity contribution is -0.128. The highest BCUT2D eigenvalue weighted by Crippen LogP contribution is 2.28. The van der Waals surface area contributed by atoms with Gasteiger partial charge in [-0.2, -0.15) is 0 Å². The summed E-state index contributed by atoms with van der Waals surface area (Å²) in [4.78, 5) is 12.2. The first-order valence-corrected chi connectivity index (χ1v) is 7.78. The largest absolute Gasteiger partial charge is 0.472 e. The summed E-state index contributed by atoms with van der Waals surface area (Å²) in [7, 11) is 0. The molecule has 0 radical (unpaired) electrons. The molecule has 1 saturated carbocycles. The summed E-state index contributed by atoms with van der Waals surface area (Å²) in [5.74, 6) is 0.508. The van der Waals surface area contributed by atoms with Gasteiger partial charge in [0.2, 0.25) is 5.91 Å². The van der Waals surface area contributed by atoms with E-state index in [4.69, 9.17) is 9.47 Å². The fraction of sp³-hybridized carbons (Fsp3) is 0.786. The van der Waals surface area contributed by atoms with Crippen LogP contribution in [0.3, 0.4) is 0 Å². The summed E-state index contributed by atoms with van der Waals surface area (Å²) in [5, 5.41) is 13.6. The molecule has 2 heterocycles. The molecule has 1 saturated heterocycles. The Morgan fingerprint density at radius 2 is 2.36 bits per heavy atom. The number of nitrogens with zero attached hydrogens (tertiary/aromatic N) is 2. The minimum Gasteiger partial charge on any atom is -0.472 e. The molecular formula is C14H22N4O4. The van der Waals surface area contributed by atoms with Crippen molar-refractivity contribution in [1.29, 1.82) is 0 Å². The number of aryl methyl sites for hydroxylation is 1. The maximum Gasteiger partial charge on any atom is 0.278 e. The van der Waals surface area contributed by atoms with E-state index in [1.807, 2.05) is 0 Å². The second-order valence-electron chi connectivity index (χ2n) is 5.77. The van der Waals surface area contributed by atoms with Crippen LogP contribution in [0.5, 0.6) is 5.88 Å². The number of carbonyl (C=O) groups is 1. The Labute approximate surface area is 128 Å². The molecule has 0 spiro atoms. The average Bonchev–Trinajstić information content (AvgIpc) is 2.96. The Balaban J connectivity index is 1.38. The summed E-state index contributed by atoms with van der Waals surface area (Å²) in [5.41, 5.74) is 0.605. The van der Waals surface area contributed by atoms with Gasteiger partial charge in [-0.15, -0.1) is 0 Å². The molecule has 0 bridgehead atoms. The molecule has 1 aromatic heterocycles. The van der Waals surface area contributed by atoms with Gasteiger partial charge in [0.25, 0.3) is 5.88 Å². The number of aromatic nitrogens is 2. The third-order valence-electron chi connectivity index (χ3n) is 4.25. The maximum absolute atomic E-state index is 12.2. The van der Waals surface area contributed by atoms with Crippen molar-refractivity contribution in [3.63, 3.8) is 0 Å². The second kappa shape index (κ2) is 7.06. The molecular weight excluding hydrogens is 288 g/mol. The molecule has 2 N–H and O–H groups in total.